The number of benzene rings is 2. The Morgan fingerprint density at radius 2 is 1.53 bits per heavy atom. The summed E-state index contributed by atoms with van der Waals surface area (Å²) < 4.78 is 13.0. The molecule has 0 aliphatic carbocycles. The van der Waals surface area contributed by atoms with Gasteiger partial charge in [0.25, 0.3) is 11.8 Å². The van der Waals surface area contributed by atoms with Crippen LogP contribution in [0.25, 0.3) is 0 Å². The van der Waals surface area contributed by atoms with E-state index in [0.29, 0.717) is 11.1 Å². The number of amides is 2. The van der Waals surface area contributed by atoms with Crippen molar-refractivity contribution in [3.63, 3.8) is 0 Å². The third kappa shape index (κ3) is 1.59. The standard InChI is InChI=1S/C14H8FNO3/c15-11-6-5-8(7-12(11)17)16-13(18)9-3-1-2-4-10(9)14(16)19/h1-7,17H. The van der Waals surface area contributed by atoms with Crippen LogP contribution >= 0.6 is 0 Å². The van der Waals surface area contributed by atoms with E-state index in [-0.39, 0.29) is 5.69 Å². The molecule has 2 amide bonds. The van der Waals surface area contributed by atoms with Crippen LogP contribution in [0.2, 0.25) is 0 Å². The molecular formula is C14H8FNO3. The SMILES string of the molecule is O=C1c2ccccc2C(=O)N1c1ccc(F)c(O)c1. The molecule has 2 aromatic carbocycles. The summed E-state index contributed by atoms with van der Waals surface area (Å²) in [7, 11) is 0. The molecule has 0 unspecified atom stereocenters. The minimum atomic E-state index is -0.805. The number of aromatic hydroxyl groups is 1. The number of hydrogen-bond donors (Lipinski definition) is 1. The number of carbonyl (C=O) groups is 2. The first-order valence-electron chi connectivity index (χ1n) is 5.56. The average molecular weight is 257 g/mol. The van der Waals surface area contributed by atoms with Crippen molar-refractivity contribution >= 4 is 17.5 Å². The van der Waals surface area contributed by atoms with Gasteiger partial charge in [0, 0.05) is 6.07 Å². The van der Waals surface area contributed by atoms with Gasteiger partial charge in [0.2, 0.25) is 0 Å². The number of rotatable bonds is 1. The summed E-state index contributed by atoms with van der Waals surface area (Å²) in [6, 6.07) is 9.77. The Hall–Kier alpha value is -2.69. The fourth-order valence-electron chi connectivity index (χ4n) is 2.06. The fourth-order valence-corrected chi connectivity index (χ4v) is 2.06. The van der Waals surface area contributed by atoms with Gasteiger partial charge >= 0.3 is 0 Å². The second-order valence-electron chi connectivity index (χ2n) is 4.13. The van der Waals surface area contributed by atoms with Crippen LogP contribution in [-0.4, -0.2) is 16.9 Å². The molecule has 0 radical (unpaired) electrons. The Kier molecular flexibility index (Phi) is 2.35. The van der Waals surface area contributed by atoms with Crippen molar-refractivity contribution in [2.45, 2.75) is 0 Å². The van der Waals surface area contributed by atoms with Gasteiger partial charge in [0.15, 0.2) is 11.6 Å². The van der Waals surface area contributed by atoms with E-state index in [1.165, 1.54) is 6.07 Å². The lowest BCUT2D eigenvalue weighted by Gasteiger charge is -2.14. The van der Waals surface area contributed by atoms with Gasteiger partial charge in [0.1, 0.15) is 0 Å². The Bertz CT molecular complexity index is 677. The summed E-state index contributed by atoms with van der Waals surface area (Å²) in [6.07, 6.45) is 0. The largest absolute Gasteiger partial charge is 0.505 e. The van der Waals surface area contributed by atoms with Crippen molar-refractivity contribution in [2.75, 3.05) is 4.90 Å². The highest BCUT2D eigenvalue weighted by atomic mass is 19.1. The maximum atomic E-state index is 13.0. The van der Waals surface area contributed by atoms with Crippen LogP contribution < -0.4 is 4.90 Å². The minimum Gasteiger partial charge on any atom is -0.505 e. The Balaban J connectivity index is 2.11. The summed E-state index contributed by atoms with van der Waals surface area (Å²) >= 11 is 0. The fraction of sp³-hybridized carbons (Fsp3) is 0. The van der Waals surface area contributed by atoms with Gasteiger partial charge in [-0.25, -0.2) is 9.29 Å². The van der Waals surface area contributed by atoms with E-state index in [1.54, 1.807) is 24.3 Å². The Morgan fingerprint density at radius 3 is 2.05 bits per heavy atom. The minimum absolute atomic E-state index is 0.144. The number of carbonyl (C=O) groups excluding carboxylic acids is 2. The molecule has 4 nitrogen and oxygen atoms in total. The van der Waals surface area contributed by atoms with E-state index in [9.17, 15) is 19.1 Å². The van der Waals surface area contributed by atoms with Crippen LogP contribution in [-0.2, 0) is 0 Å². The molecule has 0 fully saturated rings. The van der Waals surface area contributed by atoms with Gasteiger partial charge < -0.3 is 5.11 Å². The quantitative estimate of drug-likeness (QED) is 0.798. The molecule has 94 valence electrons. The van der Waals surface area contributed by atoms with E-state index in [2.05, 4.69) is 0 Å². The number of hydrogen-bond acceptors (Lipinski definition) is 3. The second-order valence-corrected chi connectivity index (χ2v) is 4.13. The molecule has 2 aromatic rings. The van der Waals surface area contributed by atoms with Crippen molar-refractivity contribution in [2.24, 2.45) is 0 Å². The Morgan fingerprint density at radius 1 is 0.947 bits per heavy atom. The lowest BCUT2D eigenvalue weighted by molar-refractivity contribution is 0.0926. The van der Waals surface area contributed by atoms with Crippen molar-refractivity contribution in [1.82, 2.24) is 0 Å². The third-order valence-electron chi connectivity index (χ3n) is 2.98. The van der Waals surface area contributed by atoms with Gasteiger partial charge in [0.05, 0.1) is 16.8 Å². The second kappa shape index (κ2) is 3.91. The highest BCUT2D eigenvalue weighted by Gasteiger charge is 2.36. The molecule has 3 rings (SSSR count). The van der Waals surface area contributed by atoms with Crippen LogP contribution in [0, 0.1) is 5.82 Å². The first kappa shape index (κ1) is 11.4. The highest BCUT2D eigenvalue weighted by Crippen LogP contribution is 2.30. The number of nitrogens with zero attached hydrogens (tertiary/aromatic N) is 1. The van der Waals surface area contributed by atoms with Gasteiger partial charge in [-0.05, 0) is 24.3 Å². The zero-order chi connectivity index (χ0) is 13.6. The summed E-state index contributed by atoms with van der Waals surface area (Å²) in [5.41, 5.74) is 0.748. The molecule has 0 atom stereocenters. The summed E-state index contributed by atoms with van der Waals surface area (Å²) in [6.45, 7) is 0. The molecule has 1 heterocycles. The molecular weight excluding hydrogens is 249 g/mol. The molecule has 0 saturated heterocycles. The highest BCUT2D eigenvalue weighted by molar-refractivity contribution is 6.34. The van der Waals surface area contributed by atoms with Gasteiger partial charge in [-0.1, -0.05) is 12.1 Å². The number of fused-ring (bicyclic) bond motifs is 1. The smallest absolute Gasteiger partial charge is 0.266 e. The number of anilines is 1. The van der Waals surface area contributed by atoms with E-state index in [1.807, 2.05) is 0 Å². The molecule has 0 saturated carbocycles. The Labute approximate surface area is 107 Å². The van der Waals surface area contributed by atoms with Crippen molar-refractivity contribution in [3.8, 4) is 5.75 Å². The first-order chi connectivity index (χ1) is 9.09. The van der Waals surface area contributed by atoms with E-state index in [0.717, 1.165) is 17.0 Å². The number of phenolic OH excluding ortho intramolecular Hbond substituents is 1. The third-order valence-corrected chi connectivity index (χ3v) is 2.98. The lowest BCUT2D eigenvalue weighted by atomic mass is 10.1. The van der Waals surface area contributed by atoms with Crippen LogP contribution in [0.1, 0.15) is 20.7 Å². The zero-order valence-electron chi connectivity index (χ0n) is 9.63. The predicted molar refractivity (Wildman–Crippen MR) is 65.6 cm³/mol. The van der Waals surface area contributed by atoms with E-state index < -0.39 is 23.4 Å². The summed E-state index contributed by atoms with van der Waals surface area (Å²) in [4.78, 5) is 25.2. The average Bonchev–Trinajstić information content (AvgIpc) is 2.66. The van der Waals surface area contributed by atoms with Crippen LogP contribution in [0.3, 0.4) is 0 Å². The van der Waals surface area contributed by atoms with Crippen LogP contribution in [0.5, 0.6) is 5.75 Å². The molecule has 1 N–H and O–H groups in total. The maximum absolute atomic E-state index is 13.0. The molecule has 0 bridgehead atoms. The maximum Gasteiger partial charge on any atom is 0.266 e. The number of phenols is 1. The molecule has 0 aromatic heterocycles. The first-order valence-corrected chi connectivity index (χ1v) is 5.56. The van der Waals surface area contributed by atoms with Gasteiger partial charge in [-0.2, -0.15) is 0 Å². The van der Waals surface area contributed by atoms with Crippen LogP contribution in [0.4, 0.5) is 10.1 Å². The molecule has 5 heteroatoms. The van der Waals surface area contributed by atoms with Crippen LogP contribution in [0.15, 0.2) is 42.5 Å². The molecule has 19 heavy (non-hydrogen) atoms. The van der Waals surface area contributed by atoms with E-state index >= 15 is 0 Å². The molecule has 1 aliphatic heterocycles. The number of halogens is 1. The monoisotopic (exact) mass is 257 g/mol. The normalized spacial score (nSPS) is 13.8. The molecule has 0 spiro atoms. The van der Waals surface area contributed by atoms with Gasteiger partial charge in [-0.15, -0.1) is 0 Å². The van der Waals surface area contributed by atoms with E-state index in [4.69, 9.17) is 0 Å². The van der Waals surface area contributed by atoms with Gasteiger partial charge in [-0.3, -0.25) is 9.59 Å². The predicted octanol–water partition coefficient (Wildman–Crippen LogP) is 2.33. The number of imide groups is 1. The van der Waals surface area contributed by atoms with Crippen molar-refractivity contribution < 1.29 is 19.1 Å². The molecule has 1 aliphatic rings. The zero-order valence-corrected chi connectivity index (χ0v) is 9.63. The van der Waals surface area contributed by atoms with Crippen molar-refractivity contribution in [3.05, 3.63) is 59.4 Å². The summed E-state index contributed by atoms with van der Waals surface area (Å²) in [5.74, 6) is -2.37. The lowest BCUT2D eigenvalue weighted by Crippen LogP contribution is -2.29. The summed E-state index contributed by atoms with van der Waals surface area (Å²) in [5, 5.41) is 9.33. The topological polar surface area (TPSA) is 57.6 Å². The van der Waals surface area contributed by atoms with Crippen molar-refractivity contribution in [1.29, 1.82) is 0 Å².